The van der Waals surface area contributed by atoms with E-state index in [1.807, 2.05) is 0 Å². The van der Waals surface area contributed by atoms with E-state index < -0.39 is 11.6 Å². The summed E-state index contributed by atoms with van der Waals surface area (Å²) < 4.78 is 25.6. The maximum atomic E-state index is 12.9. The molecule has 114 valence electrons. The Morgan fingerprint density at radius 1 is 1.20 bits per heavy atom. The van der Waals surface area contributed by atoms with Gasteiger partial charge in [-0.2, -0.15) is 0 Å². The van der Waals surface area contributed by atoms with Gasteiger partial charge in [0.25, 0.3) is 0 Å². The van der Waals surface area contributed by atoms with Crippen LogP contribution in [0.4, 0.5) is 8.78 Å². The third-order valence-electron chi connectivity index (χ3n) is 2.31. The topological polar surface area (TPSA) is 41.1 Å². The second kappa shape index (κ2) is 10.9. The summed E-state index contributed by atoms with van der Waals surface area (Å²) in [5.41, 5.74) is 0. The molecule has 1 aromatic rings. The first-order valence-corrected chi connectivity index (χ1v) is 7.17. The largest absolute Gasteiger partial charge is 0.354 e. The predicted molar refractivity (Wildman–Crippen MR) is 80.5 cm³/mol. The average Bonchev–Trinajstić information content (AvgIpc) is 2.40. The quantitative estimate of drug-likeness (QED) is 0.570. The van der Waals surface area contributed by atoms with Gasteiger partial charge in [0.15, 0.2) is 11.6 Å². The third kappa shape index (κ3) is 7.67. The Balaban J connectivity index is 0.00000361. The molecule has 0 aliphatic heterocycles. The molecule has 2 N–H and O–H groups in total. The Hall–Kier alpha value is -0.850. The van der Waals surface area contributed by atoms with Gasteiger partial charge in [-0.1, -0.05) is 6.92 Å². The van der Waals surface area contributed by atoms with Crippen LogP contribution in [0.2, 0.25) is 0 Å². The molecule has 0 heterocycles. The van der Waals surface area contributed by atoms with Crippen molar-refractivity contribution in [2.24, 2.45) is 0 Å². The standard InChI is InChI=1S/C13H18F2N2OS.ClH/c1-2-5-16-6-7-17-13(18)9-19-10-3-4-11(14)12(15)8-10;/h3-4,8,16H,2,5-7,9H2,1H3,(H,17,18);1H. The van der Waals surface area contributed by atoms with Gasteiger partial charge in [0.1, 0.15) is 0 Å². The first-order chi connectivity index (χ1) is 9.13. The molecule has 0 radical (unpaired) electrons. The van der Waals surface area contributed by atoms with Gasteiger partial charge in [-0.3, -0.25) is 4.79 Å². The molecule has 0 unspecified atom stereocenters. The van der Waals surface area contributed by atoms with Gasteiger partial charge in [-0.05, 0) is 31.2 Å². The highest BCUT2D eigenvalue weighted by Crippen LogP contribution is 2.19. The van der Waals surface area contributed by atoms with E-state index in [4.69, 9.17) is 0 Å². The van der Waals surface area contributed by atoms with E-state index in [1.54, 1.807) is 0 Å². The average molecular weight is 325 g/mol. The van der Waals surface area contributed by atoms with Gasteiger partial charge in [-0.15, -0.1) is 24.2 Å². The summed E-state index contributed by atoms with van der Waals surface area (Å²) in [5.74, 6) is -1.70. The summed E-state index contributed by atoms with van der Waals surface area (Å²) in [6.07, 6.45) is 1.06. The van der Waals surface area contributed by atoms with Crippen molar-refractivity contribution in [3.63, 3.8) is 0 Å². The molecule has 3 nitrogen and oxygen atoms in total. The Morgan fingerprint density at radius 2 is 1.95 bits per heavy atom. The summed E-state index contributed by atoms with van der Waals surface area (Å²) in [6, 6.07) is 3.61. The number of amides is 1. The summed E-state index contributed by atoms with van der Waals surface area (Å²) in [4.78, 5) is 12.0. The molecule has 0 atom stereocenters. The molecule has 7 heteroatoms. The number of rotatable bonds is 8. The van der Waals surface area contributed by atoms with Crippen molar-refractivity contribution in [3.8, 4) is 0 Å². The second-order valence-electron chi connectivity index (χ2n) is 3.96. The van der Waals surface area contributed by atoms with Gasteiger partial charge >= 0.3 is 0 Å². The fourth-order valence-corrected chi connectivity index (χ4v) is 2.11. The van der Waals surface area contributed by atoms with E-state index in [9.17, 15) is 13.6 Å². The van der Waals surface area contributed by atoms with Crippen LogP contribution in [0.1, 0.15) is 13.3 Å². The van der Waals surface area contributed by atoms with Crippen LogP contribution in [0.5, 0.6) is 0 Å². The van der Waals surface area contributed by atoms with Gasteiger partial charge in [0, 0.05) is 18.0 Å². The first kappa shape index (κ1) is 19.1. The van der Waals surface area contributed by atoms with Gasteiger partial charge < -0.3 is 10.6 Å². The molecule has 0 aromatic heterocycles. The molecule has 0 aliphatic carbocycles. The molecule has 0 aliphatic rings. The van der Waals surface area contributed by atoms with E-state index in [2.05, 4.69) is 17.6 Å². The van der Waals surface area contributed by atoms with Crippen molar-refractivity contribution in [1.82, 2.24) is 10.6 Å². The SMILES string of the molecule is CCCNCCNC(=O)CSc1ccc(F)c(F)c1.Cl. The van der Waals surface area contributed by atoms with Crippen LogP contribution in [-0.2, 0) is 4.79 Å². The van der Waals surface area contributed by atoms with E-state index in [0.29, 0.717) is 11.4 Å². The number of hydrogen-bond donors (Lipinski definition) is 2. The number of thioether (sulfide) groups is 1. The second-order valence-corrected chi connectivity index (χ2v) is 5.01. The zero-order chi connectivity index (χ0) is 14.1. The number of benzene rings is 1. The van der Waals surface area contributed by atoms with Crippen LogP contribution in [0, 0.1) is 11.6 Å². The summed E-state index contributed by atoms with van der Waals surface area (Å²) >= 11 is 1.18. The van der Waals surface area contributed by atoms with Gasteiger partial charge in [0.2, 0.25) is 5.91 Å². The van der Waals surface area contributed by atoms with Gasteiger partial charge in [-0.25, -0.2) is 8.78 Å². The van der Waals surface area contributed by atoms with Gasteiger partial charge in [0.05, 0.1) is 5.75 Å². The zero-order valence-corrected chi connectivity index (χ0v) is 12.9. The molecule has 0 bridgehead atoms. The van der Waals surface area contributed by atoms with E-state index in [-0.39, 0.29) is 24.1 Å². The summed E-state index contributed by atoms with van der Waals surface area (Å²) in [6.45, 7) is 4.30. The Labute approximate surface area is 128 Å². The number of carbonyl (C=O) groups is 1. The lowest BCUT2D eigenvalue weighted by atomic mass is 10.3. The summed E-state index contributed by atoms with van der Waals surface area (Å²) in [7, 11) is 0. The number of halogens is 3. The molecule has 0 spiro atoms. The number of nitrogens with one attached hydrogen (secondary N) is 2. The van der Waals surface area contributed by atoms with Crippen LogP contribution >= 0.6 is 24.2 Å². The van der Waals surface area contributed by atoms with Crippen molar-refractivity contribution >= 4 is 30.1 Å². The van der Waals surface area contributed by atoms with Crippen LogP contribution in [0.15, 0.2) is 23.1 Å². The van der Waals surface area contributed by atoms with Crippen LogP contribution in [0.25, 0.3) is 0 Å². The fraction of sp³-hybridized carbons (Fsp3) is 0.462. The normalized spacial score (nSPS) is 9.95. The molecule has 1 amide bonds. The Morgan fingerprint density at radius 3 is 2.60 bits per heavy atom. The highest BCUT2D eigenvalue weighted by Gasteiger charge is 2.05. The van der Waals surface area contributed by atoms with Crippen molar-refractivity contribution in [2.75, 3.05) is 25.4 Å². The molecular weight excluding hydrogens is 306 g/mol. The maximum absolute atomic E-state index is 12.9. The predicted octanol–water partition coefficient (Wildman–Crippen LogP) is 2.59. The highest BCUT2D eigenvalue weighted by atomic mass is 35.5. The lowest BCUT2D eigenvalue weighted by molar-refractivity contribution is -0.118. The summed E-state index contributed by atoms with van der Waals surface area (Å²) in [5, 5.41) is 5.91. The van der Waals surface area contributed by atoms with Crippen LogP contribution < -0.4 is 10.6 Å². The minimum absolute atomic E-state index is 0. The van der Waals surface area contributed by atoms with Crippen molar-refractivity contribution in [2.45, 2.75) is 18.2 Å². The molecule has 20 heavy (non-hydrogen) atoms. The fourth-order valence-electron chi connectivity index (χ4n) is 1.36. The monoisotopic (exact) mass is 324 g/mol. The van der Waals surface area contributed by atoms with Crippen molar-refractivity contribution in [1.29, 1.82) is 0 Å². The molecule has 1 aromatic carbocycles. The lowest BCUT2D eigenvalue weighted by Crippen LogP contribution is -2.33. The van der Waals surface area contributed by atoms with Crippen molar-refractivity contribution < 1.29 is 13.6 Å². The lowest BCUT2D eigenvalue weighted by Gasteiger charge is -2.06. The number of carbonyl (C=O) groups excluding carboxylic acids is 1. The number of hydrogen-bond acceptors (Lipinski definition) is 3. The van der Waals surface area contributed by atoms with E-state index in [1.165, 1.54) is 17.8 Å². The maximum Gasteiger partial charge on any atom is 0.230 e. The Bertz CT molecular complexity index is 421. The van der Waals surface area contributed by atoms with E-state index in [0.717, 1.165) is 31.6 Å². The molecule has 0 saturated carbocycles. The molecule has 0 fully saturated rings. The minimum Gasteiger partial charge on any atom is -0.354 e. The third-order valence-corrected chi connectivity index (χ3v) is 3.31. The van der Waals surface area contributed by atoms with Crippen LogP contribution in [0.3, 0.4) is 0 Å². The highest BCUT2D eigenvalue weighted by molar-refractivity contribution is 8.00. The molecule has 0 saturated heterocycles. The molecule has 1 rings (SSSR count). The zero-order valence-electron chi connectivity index (χ0n) is 11.2. The minimum atomic E-state index is -0.894. The Kier molecular flexibility index (Phi) is 10.4. The van der Waals surface area contributed by atoms with Crippen LogP contribution in [-0.4, -0.2) is 31.3 Å². The van der Waals surface area contributed by atoms with E-state index >= 15 is 0 Å². The molecular formula is C13H19ClF2N2OS. The first-order valence-electron chi connectivity index (χ1n) is 6.18. The van der Waals surface area contributed by atoms with Crippen molar-refractivity contribution in [3.05, 3.63) is 29.8 Å². The smallest absolute Gasteiger partial charge is 0.230 e.